The molecule has 3 aromatic carbocycles. The van der Waals surface area contributed by atoms with Crippen molar-refractivity contribution < 1.29 is 48.5 Å². The maximum atomic E-state index is 13.7. The van der Waals surface area contributed by atoms with E-state index in [1.807, 2.05) is 0 Å². The Bertz CT molecular complexity index is 2000. The summed E-state index contributed by atoms with van der Waals surface area (Å²) in [6, 6.07) is 4.43. The van der Waals surface area contributed by atoms with E-state index < -0.39 is 84.7 Å². The number of carbonyl (C=O) groups excluding carboxylic acids is 2. The lowest BCUT2D eigenvalue weighted by Crippen LogP contribution is -2.25. The second kappa shape index (κ2) is 9.44. The van der Waals surface area contributed by atoms with Gasteiger partial charge in [0, 0.05) is 23.4 Å². The van der Waals surface area contributed by atoms with Gasteiger partial charge in [-0.15, -0.1) is 0 Å². The molecular formula is C23H21N3O11S3. The van der Waals surface area contributed by atoms with E-state index in [-0.39, 0.29) is 28.9 Å². The third kappa shape index (κ3) is 4.77. The molecule has 4 rings (SSSR count). The van der Waals surface area contributed by atoms with E-state index in [1.54, 1.807) is 0 Å². The maximum Gasteiger partial charge on any atom is 0.296 e. The molecule has 0 aromatic heterocycles. The van der Waals surface area contributed by atoms with Crippen LogP contribution >= 0.6 is 0 Å². The van der Waals surface area contributed by atoms with Gasteiger partial charge in [0.2, 0.25) is 0 Å². The van der Waals surface area contributed by atoms with Crippen LogP contribution < -0.4 is 16.8 Å². The number of anilines is 3. The summed E-state index contributed by atoms with van der Waals surface area (Å²) in [5.41, 5.74) is 8.95. The zero-order valence-corrected chi connectivity index (χ0v) is 23.0. The smallest absolute Gasteiger partial charge is 0.296 e. The van der Waals surface area contributed by atoms with Gasteiger partial charge < -0.3 is 16.8 Å². The molecule has 0 unspecified atom stereocenters. The van der Waals surface area contributed by atoms with Gasteiger partial charge in [-0.1, -0.05) is 0 Å². The minimum atomic E-state index is -5.09. The fourth-order valence-corrected chi connectivity index (χ4v) is 6.47. The number of hydrogen-bond donors (Lipinski definition) is 6. The molecule has 8 N–H and O–H groups in total. The van der Waals surface area contributed by atoms with Gasteiger partial charge in [0.15, 0.2) is 11.6 Å². The van der Waals surface area contributed by atoms with Crippen molar-refractivity contribution in [2.45, 2.75) is 35.1 Å². The first-order valence-corrected chi connectivity index (χ1v) is 15.3. The van der Waals surface area contributed by atoms with Crippen LogP contribution in [0.1, 0.15) is 48.5 Å². The molecule has 0 saturated carbocycles. The fourth-order valence-electron chi connectivity index (χ4n) is 4.54. The number of nitrogens with two attached hydrogens (primary N) is 2. The molecule has 0 heterocycles. The molecule has 0 aliphatic heterocycles. The van der Waals surface area contributed by atoms with Crippen LogP contribution in [-0.4, -0.2) is 50.5 Å². The Balaban J connectivity index is 2.10. The van der Waals surface area contributed by atoms with Crippen molar-refractivity contribution in [2.75, 3.05) is 11.1 Å². The highest BCUT2D eigenvalue weighted by molar-refractivity contribution is 7.86. The molecule has 0 fully saturated rings. The van der Waals surface area contributed by atoms with Gasteiger partial charge >= 0.3 is 0 Å². The molecular weight excluding hydrogens is 590 g/mol. The zero-order valence-electron chi connectivity index (χ0n) is 20.6. The number of rotatable bonds is 6. The van der Waals surface area contributed by atoms with E-state index >= 15 is 0 Å². The third-order valence-electron chi connectivity index (χ3n) is 6.50. The maximum absolute atomic E-state index is 13.7. The van der Waals surface area contributed by atoms with Gasteiger partial charge in [-0.3, -0.25) is 23.2 Å². The largest absolute Gasteiger partial charge is 0.397 e. The molecule has 0 saturated heterocycles. The summed E-state index contributed by atoms with van der Waals surface area (Å²) in [5.74, 6) is -2.01. The number of carbonyl (C=O) groups is 2. The van der Waals surface area contributed by atoms with Crippen LogP contribution in [-0.2, 0) is 36.9 Å². The highest BCUT2D eigenvalue weighted by atomic mass is 32.2. The fraction of sp³-hybridized carbons (Fsp3) is 0.130. The van der Waals surface area contributed by atoms with E-state index in [1.165, 1.54) is 13.8 Å². The summed E-state index contributed by atoms with van der Waals surface area (Å²) in [5, 5.41) is 2.72. The summed E-state index contributed by atoms with van der Waals surface area (Å²) in [6.07, 6.45) is 0. The van der Waals surface area contributed by atoms with Gasteiger partial charge in [-0.25, -0.2) is 0 Å². The van der Waals surface area contributed by atoms with Gasteiger partial charge in [-0.2, -0.15) is 25.3 Å². The average Bonchev–Trinajstić information content (AvgIpc) is 2.83. The van der Waals surface area contributed by atoms with Crippen molar-refractivity contribution >= 4 is 59.0 Å². The van der Waals surface area contributed by atoms with Crippen molar-refractivity contribution in [1.82, 2.24) is 0 Å². The van der Waals surface area contributed by atoms with Crippen LogP contribution in [0.25, 0.3) is 0 Å². The van der Waals surface area contributed by atoms with Crippen LogP contribution in [0.5, 0.6) is 0 Å². The van der Waals surface area contributed by atoms with Gasteiger partial charge in [0.1, 0.15) is 4.90 Å². The molecule has 0 spiro atoms. The molecule has 14 nitrogen and oxygen atoms in total. The summed E-state index contributed by atoms with van der Waals surface area (Å²) in [7, 11) is -14.7. The Morgan fingerprint density at radius 1 is 0.750 bits per heavy atom. The van der Waals surface area contributed by atoms with Crippen LogP contribution in [0.15, 0.2) is 45.0 Å². The SMILES string of the molecule is Cc1c(CN)cc(S(=O)(=O)O)c(C)c1Nc1cc(S(=O)(=O)O)c(N)c2c1C(=O)c1cc(S(=O)(=O)O)ccc1C2=O. The van der Waals surface area contributed by atoms with Crippen LogP contribution in [0, 0.1) is 13.8 Å². The molecule has 1 aliphatic rings. The Morgan fingerprint density at radius 2 is 1.32 bits per heavy atom. The van der Waals surface area contributed by atoms with Crippen LogP contribution in [0.4, 0.5) is 17.1 Å². The monoisotopic (exact) mass is 611 g/mol. The first-order valence-electron chi connectivity index (χ1n) is 11.0. The van der Waals surface area contributed by atoms with Gasteiger partial charge in [0.25, 0.3) is 30.4 Å². The topological polar surface area (TPSA) is 261 Å². The Kier molecular flexibility index (Phi) is 6.91. The quantitative estimate of drug-likeness (QED) is 0.134. The minimum Gasteiger partial charge on any atom is -0.397 e. The standard InChI is InChI=1S/C23H21N3O11S3/c1-9-11(8-24)5-16(39(32,33)34)10(2)21(9)26-15-7-17(40(35,36)37)20(25)19-18(15)23(28)14-6-12(38(29,30)31)3-4-13(14)22(19)27/h3-7,26H,8,24-25H2,1-2H3,(H,29,30,31)(H,32,33,34)(H,35,36,37). The molecule has 17 heteroatoms. The summed E-state index contributed by atoms with van der Waals surface area (Å²) >= 11 is 0. The molecule has 0 bridgehead atoms. The van der Waals surface area contributed by atoms with E-state index in [9.17, 15) is 48.5 Å². The Morgan fingerprint density at radius 3 is 1.85 bits per heavy atom. The van der Waals surface area contributed by atoms with E-state index in [2.05, 4.69) is 5.32 Å². The average molecular weight is 612 g/mol. The molecule has 1 aliphatic carbocycles. The van der Waals surface area contributed by atoms with Gasteiger partial charge in [0.05, 0.1) is 32.3 Å². The molecule has 0 atom stereocenters. The molecule has 3 aromatic rings. The van der Waals surface area contributed by atoms with E-state index in [4.69, 9.17) is 11.5 Å². The Labute approximate surface area is 228 Å². The van der Waals surface area contributed by atoms with E-state index in [0.717, 1.165) is 30.3 Å². The van der Waals surface area contributed by atoms with Crippen molar-refractivity contribution in [2.24, 2.45) is 5.73 Å². The lowest BCUT2D eigenvalue weighted by molar-refractivity contribution is 0.0980. The molecule has 0 radical (unpaired) electrons. The number of ketones is 2. The van der Waals surface area contributed by atoms with Crippen LogP contribution in [0.2, 0.25) is 0 Å². The lowest BCUT2D eigenvalue weighted by Gasteiger charge is -2.25. The van der Waals surface area contributed by atoms with Crippen molar-refractivity contribution in [3.05, 3.63) is 69.3 Å². The molecule has 0 amide bonds. The summed E-state index contributed by atoms with van der Waals surface area (Å²) in [4.78, 5) is 24.9. The second-order valence-electron chi connectivity index (χ2n) is 8.86. The van der Waals surface area contributed by atoms with Gasteiger partial charge in [-0.05, 0) is 60.9 Å². The van der Waals surface area contributed by atoms with Crippen LogP contribution in [0.3, 0.4) is 0 Å². The summed E-state index contributed by atoms with van der Waals surface area (Å²) in [6.45, 7) is 2.62. The number of benzene rings is 3. The predicted molar refractivity (Wildman–Crippen MR) is 141 cm³/mol. The highest BCUT2D eigenvalue weighted by Crippen LogP contribution is 2.42. The second-order valence-corrected chi connectivity index (χ2v) is 13.1. The highest BCUT2D eigenvalue weighted by Gasteiger charge is 2.37. The Hall–Kier alpha value is -3.71. The first kappa shape index (κ1) is 29.3. The zero-order chi connectivity index (χ0) is 30.1. The van der Waals surface area contributed by atoms with Crippen molar-refractivity contribution in [1.29, 1.82) is 0 Å². The number of nitrogen functional groups attached to an aromatic ring is 1. The first-order chi connectivity index (χ1) is 18.3. The predicted octanol–water partition coefficient (Wildman–Crippen LogP) is 1.60. The number of hydrogen-bond acceptors (Lipinski definition) is 11. The summed E-state index contributed by atoms with van der Waals surface area (Å²) < 4.78 is 101. The lowest BCUT2D eigenvalue weighted by atomic mass is 9.82. The van der Waals surface area contributed by atoms with Crippen molar-refractivity contribution in [3.8, 4) is 0 Å². The third-order valence-corrected chi connectivity index (χ3v) is 9.23. The number of fused-ring (bicyclic) bond motifs is 2. The molecule has 212 valence electrons. The molecule has 40 heavy (non-hydrogen) atoms. The van der Waals surface area contributed by atoms with Crippen molar-refractivity contribution in [3.63, 3.8) is 0 Å². The number of nitrogens with one attached hydrogen (secondary N) is 1. The van der Waals surface area contributed by atoms with E-state index in [0.29, 0.717) is 5.56 Å². The minimum absolute atomic E-state index is 0.0402. The normalized spacial score (nSPS) is 13.7.